The van der Waals surface area contributed by atoms with Gasteiger partial charge in [-0.15, -0.1) is 0 Å². The number of amides is 1. The molecule has 0 aliphatic carbocycles. The van der Waals surface area contributed by atoms with Crippen molar-refractivity contribution in [1.29, 1.82) is 0 Å². The number of H-pyrrole nitrogens is 1. The highest BCUT2D eigenvalue weighted by atomic mass is 35.5. The molecule has 0 saturated heterocycles. The Hall–Kier alpha value is -3.57. The minimum absolute atomic E-state index is 0.0944. The number of carbonyl (C=O) groups is 1. The summed E-state index contributed by atoms with van der Waals surface area (Å²) in [4.78, 5) is 30.8. The molecule has 0 radical (unpaired) electrons. The molecule has 0 spiro atoms. The minimum atomic E-state index is -0.289. The van der Waals surface area contributed by atoms with Gasteiger partial charge < -0.3 is 14.6 Å². The second-order valence-electron chi connectivity index (χ2n) is 7.51. The van der Waals surface area contributed by atoms with Crippen LogP contribution in [0.1, 0.15) is 28.4 Å². The van der Waals surface area contributed by atoms with Crippen LogP contribution in [0.3, 0.4) is 0 Å². The second kappa shape index (κ2) is 9.28. The average Bonchev–Trinajstić information content (AvgIpc) is 2.78. The molecule has 162 valence electrons. The Morgan fingerprint density at radius 3 is 2.50 bits per heavy atom. The normalized spacial score (nSPS) is 10.8. The van der Waals surface area contributed by atoms with Crippen molar-refractivity contribution in [2.45, 2.75) is 20.4 Å². The zero-order valence-corrected chi connectivity index (χ0v) is 18.6. The molecule has 1 aromatic heterocycles. The van der Waals surface area contributed by atoms with Gasteiger partial charge in [-0.3, -0.25) is 9.59 Å². The van der Waals surface area contributed by atoms with Crippen molar-refractivity contribution in [2.24, 2.45) is 0 Å². The molecule has 0 unspecified atom stereocenters. The van der Waals surface area contributed by atoms with Crippen molar-refractivity contribution in [3.63, 3.8) is 0 Å². The highest BCUT2D eigenvalue weighted by Crippen LogP contribution is 2.26. The molecule has 4 aromatic rings. The van der Waals surface area contributed by atoms with E-state index in [1.807, 2.05) is 38.1 Å². The smallest absolute Gasteiger partial charge is 0.260 e. The first kappa shape index (κ1) is 21.7. The number of rotatable bonds is 6. The zero-order valence-electron chi connectivity index (χ0n) is 17.9. The van der Waals surface area contributed by atoms with Crippen LogP contribution in [0, 0.1) is 6.92 Å². The number of halogens is 1. The van der Waals surface area contributed by atoms with Crippen LogP contribution < -0.4 is 15.2 Å². The molecule has 0 atom stereocenters. The predicted molar refractivity (Wildman–Crippen MR) is 129 cm³/mol. The first-order chi connectivity index (χ1) is 15.5. The van der Waals surface area contributed by atoms with E-state index in [-0.39, 0.29) is 18.0 Å². The van der Waals surface area contributed by atoms with Crippen LogP contribution in [-0.2, 0) is 6.54 Å². The molecule has 1 heterocycles. The number of fused-ring (bicyclic) bond motifs is 1. The van der Waals surface area contributed by atoms with Gasteiger partial charge in [0.05, 0.1) is 23.7 Å². The van der Waals surface area contributed by atoms with Crippen molar-refractivity contribution < 1.29 is 9.53 Å². The van der Waals surface area contributed by atoms with Gasteiger partial charge in [0, 0.05) is 16.8 Å². The van der Waals surface area contributed by atoms with Crippen LogP contribution in [0.15, 0.2) is 77.6 Å². The second-order valence-corrected chi connectivity index (χ2v) is 7.92. The van der Waals surface area contributed by atoms with Gasteiger partial charge in [-0.2, -0.15) is 0 Å². The SMILES string of the molecule is CCOc1ccc(N(Cc2cc3ccc(C)cc3[nH]c2=O)C(=O)c2ccccc2Cl)cc1. The van der Waals surface area contributed by atoms with Gasteiger partial charge in [0.1, 0.15) is 5.75 Å². The molecule has 0 aliphatic rings. The fraction of sp³-hybridized carbons (Fsp3) is 0.154. The Bertz CT molecular complexity index is 1330. The molecule has 1 N–H and O–H groups in total. The number of pyridine rings is 1. The third-order valence-electron chi connectivity index (χ3n) is 5.22. The maximum atomic E-state index is 13.5. The maximum Gasteiger partial charge on any atom is 0.260 e. The Morgan fingerprint density at radius 1 is 1.03 bits per heavy atom. The molecule has 0 bridgehead atoms. The Balaban J connectivity index is 1.77. The van der Waals surface area contributed by atoms with E-state index in [4.69, 9.17) is 16.3 Å². The number of hydrogen-bond acceptors (Lipinski definition) is 3. The number of hydrogen-bond donors (Lipinski definition) is 1. The lowest BCUT2D eigenvalue weighted by Gasteiger charge is -2.24. The lowest BCUT2D eigenvalue weighted by atomic mass is 10.1. The third kappa shape index (κ3) is 4.53. The Labute approximate surface area is 191 Å². The number of carbonyl (C=O) groups excluding carboxylic acids is 1. The fourth-order valence-electron chi connectivity index (χ4n) is 3.60. The van der Waals surface area contributed by atoms with Crippen molar-refractivity contribution in [1.82, 2.24) is 4.98 Å². The van der Waals surface area contributed by atoms with Gasteiger partial charge in [0.25, 0.3) is 11.5 Å². The lowest BCUT2D eigenvalue weighted by molar-refractivity contribution is 0.0985. The summed E-state index contributed by atoms with van der Waals surface area (Å²) in [6, 6.07) is 21.8. The number of aromatic amines is 1. The monoisotopic (exact) mass is 446 g/mol. The summed E-state index contributed by atoms with van der Waals surface area (Å²) in [5, 5.41) is 1.26. The molecule has 1 amide bonds. The fourth-order valence-corrected chi connectivity index (χ4v) is 3.81. The summed E-state index contributed by atoms with van der Waals surface area (Å²) in [5.41, 5.74) is 3.09. The first-order valence-corrected chi connectivity index (χ1v) is 10.8. The summed E-state index contributed by atoms with van der Waals surface area (Å²) in [5.74, 6) is 0.420. The van der Waals surface area contributed by atoms with E-state index in [0.29, 0.717) is 34.2 Å². The quantitative estimate of drug-likeness (QED) is 0.411. The highest BCUT2D eigenvalue weighted by molar-refractivity contribution is 6.34. The van der Waals surface area contributed by atoms with E-state index in [2.05, 4.69) is 4.98 Å². The maximum absolute atomic E-state index is 13.5. The largest absolute Gasteiger partial charge is 0.494 e. The Morgan fingerprint density at radius 2 is 1.78 bits per heavy atom. The van der Waals surface area contributed by atoms with Crippen LogP contribution in [0.4, 0.5) is 5.69 Å². The number of nitrogens with one attached hydrogen (secondary N) is 1. The van der Waals surface area contributed by atoms with Gasteiger partial charge in [-0.05, 0) is 73.3 Å². The van der Waals surface area contributed by atoms with Gasteiger partial charge in [0.15, 0.2) is 0 Å². The van der Waals surface area contributed by atoms with Crippen molar-refractivity contribution in [3.8, 4) is 5.75 Å². The van der Waals surface area contributed by atoms with E-state index in [1.54, 1.807) is 53.4 Å². The predicted octanol–water partition coefficient (Wildman–Crippen LogP) is 5.74. The summed E-state index contributed by atoms with van der Waals surface area (Å²) >= 11 is 6.31. The molecule has 4 rings (SSSR count). The van der Waals surface area contributed by atoms with E-state index >= 15 is 0 Å². The molecule has 32 heavy (non-hydrogen) atoms. The number of benzene rings is 3. The van der Waals surface area contributed by atoms with Crippen LogP contribution in [-0.4, -0.2) is 17.5 Å². The van der Waals surface area contributed by atoms with E-state index in [1.165, 1.54) is 0 Å². The number of ether oxygens (including phenoxy) is 1. The van der Waals surface area contributed by atoms with Crippen LogP contribution >= 0.6 is 11.6 Å². The molecule has 0 fully saturated rings. The van der Waals surface area contributed by atoms with Crippen molar-refractivity contribution >= 4 is 34.1 Å². The van der Waals surface area contributed by atoms with Crippen LogP contribution in [0.5, 0.6) is 5.75 Å². The highest BCUT2D eigenvalue weighted by Gasteiger charge is 2.22. The third-order valence-corrected chi connectivity index (χ3v) is 5.55. The van der Waals surface area contributed by atoms with Crippen molar-refractivity contribution in [3.05, 3.63) is 105 Å². The number of aryl methyl sites for hydroxylation is 1. The number of aromatic nitrogens is 1. The van der Waals surface area contributed by atoms with E-state index in [9.17, 15) is 9.59 Å². The summed E-state index contributed by atoms with van der Waals surface area (Å²) in [6.45, 7) is 4.53. The van der Waals surface area contributed by atoms with Gasteiger partial charge in [0.2, 0.25) is 0 Å². The molecular weight excluding hydrogens is 424 g/mol. The molecular formula is C26H23ClN2O3. The van der Waals surface area contributed by atoms with Gasteiger partial charge in [-0.1, -0.05) is 35.9 Å². The molecule has 3 aromatic carbocycles. The number of nitrogens with zero attached hydrogens (tertiary/aromatic N) is 1. The minimum Gasteiger partial charge on any atom is -0.494 e. The topological polar surface area (TPSA) is 62.4 Å². The zero-order chi connectivity index (χ0) is 22.7. The van der Waals surface area contributed by atoms with Gasteiger partial charge in [-0.25, -0.2) is 0 Å². The van der Waals surface area contributed by atoms with Gasteiger partial charge >= 0.3 is 0 Å². The average molecular weight is 447 g/mol. The van der Waals surface area contributed by atoms with Crippen LogP contribution in [0.2, 0.25) is 5.02 Å². The first-order valence-electron chi connectivity index (χ1n) is 10.4. The van der Waals surface area contributed by atoms with E-state index in [0.717, 1.165) is 16.5 Å². The summed E-state index contributed by atoms with van der Waals surface area (Å²) < 4.78 is 5.52. The van der Waals surface area contributed by atoms with Crippen molar-refractivity contribution in [2.75, 3.05) is 11.5 Å². The van der Waals surface area contributed by atoms with Crippen LogP contribution in [0.25, 0.3) is 10.9 Å². The summed E-state index contributed by atoms with van der Waals surface area (Å²) in [7, 11) is 0. The lowest BCUT2D eigenvalue weighted by Crippen LogP contribution is -2.33. The van der Waals surface area contributed by atoms with E-state index < -0.39 is 0 Å². The Kier molecular flexibility index (Phi) is 6.28. The molecule has 6 heteroatoms. The summed E-state index contributed by atoms with van der Waals surface area (Å²) in [6.07, 6.45) is 0. The standard InChI is InChI=1S/C26H23ClN2O3/c1-3-32-21-12-10-20(11-13-21)29(26(31)22-6-4-5-7-23(22)27)16-19-15-18-9-8-17(2)14-24(18)28-25(19)30/h4-15H,3,16H2,1-2H3,(H,28,30). The molecule has 5 nitrogen and oxygen atoms in total. The molecule has 0 aliphatic heterocycles. The number of anilines is 1. The molecule has 0 saturated carbocycles.